The van der Waals surface area contributed by atoms with Crippen LogP contribution in [0, 0.1) is 0 Å². The van der Waals surface area contributed by atoms with Gasteiger partial charge < -0.3 is 9.84 Å². The molecule has 4 nitrogen and oxygen atoms in total. The second-order valence-electron chi connectivity index (χ2n) is 4.39. The Labute approximate surface area is 106 Å². The van der Waals surface area contributed by atoms with Gasteiger partial charge in [0.05, 0.1) is 17.9 Å². The monoisotopic (exact) mass is 247 g/mol. The minimum atomic E-state index is -0.903. The molecule has 0 radical (unpaired) electrons. The number of carboxylic acids is 1. The normalized spacial score (nSPS) is 23.0. The maximum atomic E-state index is 10.8. The van der Waals surface area contributed by atoms with Crippen LogP contribution in [0.1, 0.15) is 25.7 Å². The van der Waals surface area contributed by atoms with E-state index >= 15 is 0 Å². The first-order chi connectivity index (χ1) is 8.75. The highest BCUT2D eigenvalue weighted by molar-refractivity contribution is 6.05. The molecule has 0 bridgehead atoms. The maximum Gasteiger partial charge on any atom is 0.333 e. The van der Waals surface area contributed by atoms with Gasteiger partial charge in [-0.05, 0) is 37.8 Å². The van der Waals surface area contributed by atoms with E-state index in [1.807, 2.05) is 18.2 Å². The number of carbonyl (C=O) groups is 1. The molecule has 0 amide bonds. The fraction of sp³-hybridized carbons (Fsp3) is 0.429. The molecule has 0 saturated carbocycles. The van der Waals surface area contributed by atoms with Crippen LogP contribution in [0.2, 0.25) is 0 Å². The summed E-state index contributed by atoms with van der Waals surface area (Å²) in [4.78, 5) is 15.1. The molecule has 0 atom stereocenters. The second kappa shape index (κ2) is 6.31. The highest BCUT2D eigenvalue weighted by Crippen LogP contribution is 2.16. The largest absolute Gasteiger partial charge is 0.478 e. The van der Waals surface area contributed by atoms with Crippen molar-refractivity contribution in [3.8, 4) is 0 Å². The van der Waals surface area contributed by atoms with Gasteiger partial charge in [-0.1, -0.05) is 11.6 Å². The van der Waals surface area contributed by atoms with Crippen molar-refractivity contribution in [3.05, 3.63) is 35.6 Å². The molecule has 2 aliphatic rings. The van der Waals surface area contributed by atoms with Gasteiger partial charge in [0, 0.05) is 12.8 Å². The zero-order valence-corrected chi connectivity index (χ0v) is 10.3. The quantitative estimate of drug-likeness (QED) is 0.815. The van der Waals surface area contributed by atoms with E-state index in [2.05, 4.69) is 4.99 Å². The summed E-state index contributed by atoms with van der Waals surface area (Å²) in [6, 6.07) is 0. The van der Waals surface area contributed by atoms with Gasteiger partial charge in [0.2, 0.25) is 0 Å². The number of aliphatic carboxylic acids is 1. The van der Waals surface area contributed by atoms with E-state index in [-0.39, 0.29) is 0 Å². The molecule has 0 aromatic heterocycles. The molecule has 0 aliphatic carbocycles. The molecular formula is C14H17NO3. The third-order valence-electron chi connectivity index (χ3n) is 2.98. The maximum absolute atomic E-state index is 10.8. The Bertz CT molecular complexity index is 434. The number of rotatable bonds is 2. The van der Waals surface area contributed by atoms with Gasteiger partial charge in [-0.2, -0.15) is 0 Å². The van der Waals surface area contributed by atoms with Crippen molar-refractivity contribution in [2.24, 2.45) is 4.99 Å². The Morgan fingerprint density at radius 1 is 1.39 bits per heavy atom. The van der Waals surface area contributed by atoms with E-state index in [1.54, 1.807) is 0 Å². The van der Waals surface area contributed by atoms with Crippen molar-refractivity contribution in [2.75, 3.05) is 13.2 Å². The molecule has 0 unspecified atom stereocenters. The molecule has 96 valence electrons. The molecule has 2 aliphatic heterocycles. The zero-order chi connectivity index (χ0) is 12.8. The van der Waals surface area contributed by atoms with Gasteiger partial charge in [-0.15, -0.1) is 0 Å². The van der Waals surface area contributed by atoms with Crippen molar-refractivity contribution in [2.45, 2.75) is 25.7 Å². The summed E-state index contributed by atoms with van der Waals surface area (Å²) in [5.41, 5.74) is 2.47. The molecule has 2 heterocycles. The summed E-state index contributed by atoms with van der Waals surface area (Å²) in [6.07, 6.45) is 10.6. The van der Waals surface area contributed by atoms with Crippen LogP contribution < -0.4 is 0 Å². The summed E-state index contributed by atoms with van der Waals surface area (Å²) < 4.78 is 5.40. The van der Waals surface area contributed by atoms with Gasteiger partial charge in [0.25, 0.3) is 0 Å². The Kier molecular flexibility index (Phi) is 4.47. The predicted molar refractivity (Wildman–Crippen MR) is 69.7 cm³/mol. The Morgan fingerprint density at radius 3 is 3.11 bits per heavy atom. The first-order valence-electron chi connectivity index (χ1n) is 6.19. The van der Waals surface area contributed by atoms with Crippen LogP contribution >= 0.6 is 0 Å². The van der Waals surface area contributed by atoms with E-state index in [4.69, 9.17) is 9.84 Å². The van der Waals surface area contributed by atoms with Gasteiger partial charge in [0.15, 0.2) is 0 Å². The van der Waals surface area contributed by atoms with Crippen molar-refractivity contribution < 1.29 is 14.6 Å². The number of nitrogens with zero attached hydrogens (tertiary/aromatic N) is 1. The summed E-state index contributed by atoms with van der Waals surface area (Å²) in [5, 5.41) is 8.90. The molecule has 0 aromatic rings. The minimum absolute atomic E-state index is 0.323. The average Bonchev–Trinajstić information content (AvgIpc) is 2.72. The minimum Gasteiger partial charge on any atom is -0.478 e. The van der Waals surface area contributed by atoms with Crippen LogP contribution in [0.15, 0.2) is 40.6 Å². The number of ether oxygens (including phenoxy) is 1. The number of carboxylic acid groups (broad SMARTS) is 1. The van der Waals surface area contributed by atoms with Gasteiger partial charge >= 0.3 is 5.97 Å². The Morgan fingerprint density at radius 2 is 2.28 bits per heavy atom. The predicted octanol–water partition coefficient (Wildman–Crippen LogP) is 2.48. The van der Waals surface area contributed by atoms with Gasteiger partial charge in [-0.25, -0.2) is 4.79 Å². The SMILES string of the molecule is O=C(O)C1=CN=C(/C=C2/CCCOCC2)C=CC1. The molecule has 4 heteroatoms. The smallest absolute Gasteiger partial charge is 0.333 e. The van der Waals surface area contributed by atoms with Crippen LogP contribution in [0.25, 0.3) is 0 Å². The van der Waals surface area contributed by atoms with Crippen molar-refractivity contribution in [1.82, 2.24) is 0 Å². The fourth-order valence-electron chi connectivity index (χ4n) is 1.97. The first-order valence-corrected chi connectivity index (χ1v) is 6.19. The van der Waals surface area contributed by atoms with Crippen LogP contribution in [0.3, 0.4) is 0 Å². The van der Waals surface area contributed by atoms with Crippen molar-refractivity contribution >= 4 is 11.7 Å². The average molecular weight is 247 g/mol. The summed E-state index contributed by atoms with van der Waals surface area (Å²) in [6.45, 7) is 1.59. The summed E-state index contributed by atoms with van der Waals surface area (Å²) in [7, 11) is 0. The number of hydrogen-bond acceptors (Lipinski definition) is 3. The molecule has 1 N–H and O–H groups in total. The van der Waals surface area contributed by atoms with Crippen LogP contribution in [0.5, 0.6) is 0 Å². The van der Waals surface area contributed by atoms with E-state index < -0.39 is 5.97 Å². The van der Waals surface area contributed by atoms with Crippen LogP contribution in [0.4, 0.5) is 0 Å². The Balaban J connectivity index is 2.12. The highest BCUT2D eigenvalue weighted by atomic mass is 16.5. The number of aliphatic imine (C=N–C) groups is 1. The Hall–Kier alpha value is -1.68. The number of hydrogen-bond donors (Lipinski definition) is 1. The highest BCUT2D eigenvalue weighted by Gasteiger charge is 2.08. The molecule has 18 heavy (non-hydrogen) atoms. The molecule has 2 rings (SSSR count). The summed E-state index contributed by atoms with van der Waals surface area (Å²) >= 11 is 0. The number of allylic oxidation sites excluding steroid dienone is 3. The van der Waals surface area contributed by atoms with Gasteiger partial charge in [0.1, 0.15) is 0 Å². The van der Waals surface area contributed by atoms with E-state index in [1.165, 1.54) is 11.8 Å². The van der Waals surface area contributed by atoms with Crippen molar-refractivity contribution in [1.29, 1.82) is 0 Å². The van der Waals surface area contributed by atoms with Gasteiger partial charge in [-0.3, -0.25) is 4.99 Å². The fourth-order valence-corrected chi connectivity index (χ4v) is 1.97. The lowest BCUT2D eigenvalue weighted by Gasteiger charge is -2.00. The molecule has 0 spiro atoms. The van der Waals surface area contributed by atoms with Crippen molar-refractivity contribution in [3.63, 3.8) is 0 Å². The standard InChI is InChI=1S/C14H17NO3/c16-14(17)12-4-1-5-13(15-10-12)9-11-3-2-7-18-8-6-11/h1,5,9-10H,2-4,6-8H2,(H,16,17)/b11-9-. The lowest BCUT2D eigenvalue weighted by Crippen LogP contribution is -1.98. The molecular weight excluding hydrogens is 230 g/mol. The first kappa shape index (κ1) is 12.8. The topological polar surface area (TPSA) is 58.9 Å². The van der Waals surface area contributed by atoms with Crippen LogP contribution in [-0.2, 0) is 9.53 Å². The van der Waals surface area contributed by atoms with Crippen LogP contribution in [-0.4, -0.2) is 30.0 Å². The molecule has 0 aromatic carbocycles. The lowest BCUT2D eigenvalue weighted by molar-refractivity contribution is -0.132. The molecule has 1 fully saturated rings. The van der Waals surface area contributed by atoms with E-state index in [0.29, 0.717) is 12.0 Å². The van der Waals surface area contributed by atoms with E-state index in [0.717, 1.165) is 38.2 Å². The van der Waals surface area contributed by atoms with E-state index in [9.17, 15) is 4.79 Å². The lowest BCUT2D eigenvalue weighted by atomic mass is 10.1. The zero-order valence-electron chi connectivity index (χ0n) is 10.3. The summed E-state index contributed by atoms with van der Waals surface area (Å²) in [5.74, 6) is -0.903. The third-order valence-corrected chi connectivity index (χ3v) is 2.98. The molecule has 1 saturated heterocycles. The third kappa shape index (κ3) is 3.67. The second-order valence-corrected chi connectivity index (χ2v) is 4.39.